The molecule has 0 fully saturated rings. The zero-order valence-corrected chi connectivity index (χ0v) is 16.0. The smallest absolute Gasteiger partial charge is 0.166 e. The van der Waals surface area contributed by atoms with Crippen molar-refractivity contribution in [1.29, 1.82) is 0 Å². The third kappa shape index (κ3) is 6.24. The van der Waals surface area contributed by atoms with Gasteiger partial charge >= 0.3 is 0 Å². The van der Waals surface area contributed by atoms with Gasteiger partial charge in [-0.3, -0.25) is 0 Å². The number of ether oxygens (including phenoxy) is 2. The van der Waals surface area contributed by atoms with Crippen LogP contribution >= 0.6 is 11.6 Å². The van der Waals surface area contributed by atoms with Crippen LogP contribution < -0.4 is 14.8 Å². The van der Waals surface area contributed by atoms with Gasteiger partial charge in [-0.05, 0) is 45.7 Å². The van der Waals surface area contributed by atoms with E-state index in [-0.39, 0.29) is 0 Å². The maximum Gasteiger partial charge on any atom is 0.166 e. The van der Waals surface area contributed by atoms with E-state index in [1.54, 1.807) is 7.11 Å². The van der Waals surface area contributed by atoms with Gasteiger partial charge in [-0.1, -0.05) is 41.9 Å². The van der Waals surface area contributed by atoms with Crippen molar-refractivity contribution < 1.29 is 9.47 Å². The van der Waals surface area contributed by atoms with Crippen LogP contribution in [0.3, 0.4) is 0 Å². The first kappa shape index (κ1) is 19.6. The molecule has 0 amide bonds. The fourth-order valence-electron chi connectivity index (χ4n) is 2.53. The van der Waals surface area contributed by atoms with Gasteiger partial charge in [0.05, 0.1) is 7.11 Å². The van der Waals surface area contributed by atoms with Gasteiger partial charge in [0.15, 0.2) is 11.5 Å². The van der Waals surface area contributed by atoms with Crippen molar-refractivity contribution in [3.63, 3.8) is 0 Å². The summed E-state index contributed by atoms with van der Waals surface area (Å²) >= 11 is 6.22. The minimum atomic E-state index is 0.410. The van der Waals surface area contributed by atoms with E-state index >= 15 is 0 Å². The van der Waals surface area contributed by atoms with Crippen LogP contribution in [0.5, 0.6) is 11.5 Å². The highest BCUT2D eigenvalue weighted by Gasteiger charge is 2.11. The number of halogens is 1. The van der Waals surface area contributed by atoms with Crippen LogP contribution in [0.4, 0.5) is 0 Å². The number of hydrogen-bond donors (Lipinski definition) is 1. The number of nitrogens with zero attached hydrogens (tertiary/aromatic N) is 1. The summed E-state index contributed by atoms with van der Waals surface area (Å²) in [7, 11) is 5.83. The molecule has 0 unspecified atom stereocenters. The van der Waals surface area contributed by atoms with Crippen molar-refractivity contribution in [2.24, 2.45) is 0 Å². The lowest BCUT2D eigenvalue weighted by molar-refractivity contribution is 0.280. The van der Waals surface area contributed by atoms with Gasteiger partial charge in [0.1, 0.15) is 6.61 Å². The van der Waals surface area contributed by atoms with E-state index in [9.17, 15) is 0 Å². The van der Waals surface area contributed by atoms with Gasteiger partial charge in [-0.25, -0.2) is 0 Å². The van der Waals surface area contributed by atoms with E-state index in [2.05, 4.69) is 30.4 Å². The molecular weight excluding hydrogens is 336 g/mol. The molecule has 0 aliphatic carbocycles. The maximum atomic E-state index is 6.22. The van der Waals surface area contributed by atoms with E-state index in [1.165, 1.54) is 0 Å². The van der Waals surface area contributed by atoms with Crippen LogP contribution in [0.25, 0.3) is 0 Å². The standard InChI is InChI=1S/C20H27ClN2O2/c1-23(2)13-7-12-22-14-16-9-6-11-19(24-3)20(16)25-15-17-8-4-5-10-18(17)21/h4-6,8-11,22H,7,12-15H2,1-3H3. The molecule has 2 rings (SSSR count). The Balaban J connectivity index is 2.01. The molecule has 0 radical (unpaired) electrons. The number of hydrogen-bond acceptors (Lipinski definition) is 4. The first-order valence-electron chi connectivity index (χ1n) is 8.49. The maximum absolute atomic E-state index is 6.22. The molecular formula is C20H27ClN2O2. The van der Waals surface area contributed by atoms with Crippen molar-refractivity contribution in [2.75, 3.05) is 34.3 Å². The summed E-state index contributed by atoms with van der Waals surface area (Å²) < 4.78 is 11.5. The largest absolute Gasteiger partial charge is 0.493 e. The van der Waals surface area contributed by atoms with Gasteiger partial charge in [0, 0.05) is 22.7 Å². The Morgan fingerprint density at radius 2 is 1.80 bits per heavy atom. The first-order chi connectivity index (χ1) is 12.1. The number of nitrogens with one attached hydrogen (secondary N) is 1. The van der Waals surface area contributed by atoms with E-state index in [4.69, 9.17) is 21.1 Å². The second-order valence-electron chi connectivity index (χ2n) is 6.16. The lowest BCUT2D eigenvalue weighted by Gasteiger charge is -2.16. The highest BCUT2D eigenvalue weighted by atomic mass is 35.5. The molecule has 2 aromatic rings. The molecule has 0 spiro atoms. The number of benzene rings is 2. The molecule has 136 valence electrons. The summed E-state index contributed by atoms with van der Waals surface area (Å²) in [5.74, 6) is 1.50. The Morgan fingerprint density at radius 3 is 2.52 bits per heavy atom. The van der Waals surface area contributed by atoms with Crippen LogP contribution in [0, 0.1) is 0 Å². The summed E-state index contributed by atoms with van der Waals surface area (Å²) in [4.78, 5) is 2.19. The number of methoxy groups -OCH3 is 1. The fourth-order valence-corrected chi connectivity index (χ4v) is 2.72. The van der Waals surface area contributed by atoms with Crippen LogP contribution in [0.2, 0.25) is 5.02 Å². The number of para-hydroxylation sites is 1. The molecule has 2 aromatic carbocycles. The highest BCUT2D eigenvalue weighted by molar-refractivity contribution is 6.31. The molecule has 0 aromatic heterocycles. The first-order valence-corrected chi connectivity index (χ1v) is 8.87. The zero-order chi connectivity index (χ0) is 18.1. The van der Waals surface area contributed by atoms with Gasteiger partial charge in [0.2, 0.25) is 0 Å². The highest BCUT2D eigenvalue weighted by Crippen LogP contribution is 2.32. The minimum Gasteiger partial charge on any atom is -0.493 e. The second-order valence-corrected chi connectivity index (χ2v) is 6.57. The predicted molar refractivity (Wildman–Crippen MR) is 104 cm³/mol. The quantitative estimate of drug-likeness (QED) is 0.648. The average molecular weight is 363 g/mol. The van der Waals surface area contributed by atoms with Crippen molar-refractivity contribution in [3.05, 3.63) is 58.6 Å². The van der Waals surface area contributed by atoms with Crippen LogP contribution in [0.1, 0.15) is 17.5 Å². The third-order valence-corrected chi connectivity index (χ3v) is 4.25. The zero-order valence-electron chi connectivity index (χ0n) is 15.2. The molecule has 0 saturated heterocycles. The average Bonchev–Trinajstić information content (AvgIpc) is 2.61. The Hall–Kier alpha value is -1.75. The lowest BCUT2D eigenvalue weighted by atomic mass is 10.1. The van der Waals surface area contributed by atoms with Crippen molar-refractivity contribution in [3.8, 4) is 11.5 Å². The molecule has 0 bridgehead atoms. The van der Waals surface area contributed by atoms with Crippen molar-refractivity contribution >= 4 is 11.6 Å². The molecule has 1 N–H and O–H groups in total. The Bertz CT molecular complexity index is 662. The van der Waals surface area contributed by atoms with Gasteiger partial charge in [0.25, 0.3) is 0 Å². The molecule has 5 heteroatoms. The Labute approximate surface area is 155 Å². The van der Waals surface area contributed by atoms with Crippen LogP contribution in [-0.4, -0.2) is 39.2 Å². The summed E-state index contributed by atoms with van der Waals surface area (Å²) in [6, 6.07) is 13.7. The molecule has 0 aliphatic heterocycles. The van der Waals surface area contributed by atoms with Crippen LogP contribution in [-0.2, 0) is 13.2 Å². The van der Waals surface area contributed by atoms with Gasteiger partial charge < -0.3 is 19.7 Å². The Morgan fingerprint density at radius 1 is 1.04 bits per heavy atom. The Kier molecular flexibility index (Phi) is 8.06. The van der Waals surface area contributed by atoms with Crippen molar-refractivity contribution in [2.45, 2.75) is 19.6 Å². The van der Waals surface area contributed by atoms with Gasteiger partial charge in [-0.15, -0.1) is 0 Å². The predicted octanol–water partition coefficient (Wildman–Crippen LogP) is 3.97. The molecule has 0 saturated carbocycles. The fraction of sp³-hybridized carbons (Fsp3) is 0.400. The summed E-state index contributed by atoms with van der Waals surface area (Å²) in [6.45, 7) is 3.18. The third-order valence-electron chi connectivity index (χ3n) is 3.88. The molecule has 0 atom stereocenters. The van der Waals surface area contributed by atoms with E-state index in [0.717, 1.165) is 48.7 Å². The molecule has 0 aliphatic rings. The van der Waals surface area contributed by atoms with Gasteiger partial charge in [-0.2, -0.15) is 0 Å². The minimum absolute atomic E-state index is 0.410. The van der Waals surface area contributed by atoms with Crippen LogP contribution in [0.15, 0.2) is 42.5 Å². The summed E-state index contributed by atoms with van der Waals surface area (Å²) in [6.07, 6.45) is 1.10. The summed E-state index contributed by atoms with van der Waals surface area (Å²) in [5, 5.41) is 4.18. The molecule has 4 nitrogen and oxygen atoms in total. The van der Waals surface area contributed by atoms with Crippen molar-refractivity contribution in [1.82, 2.24) is 10.2 Å². The second kappa shape index (κ2) is 10.3. The monoisotopic (exact) mass is 362 g/mol. The SMILES string of the molecule is COc1cccc(CNCCCN(C)C)c1OCc1ccccc1Cl. The lowest BCUT2D eigenvalue weighted by Crippen LogP contribution is -2.21. The van der Waals surface area contributed by atoms with E-state index < -0.39 is 0 Å². The van der Waals surface area contributed by atoms with E-state index in [0.29, 0.717) is 11.6 Å². The molecule has 25 heavy (non-hydrogen) atoms. The van der Waals surface area contributed by atoms with E-state index in [1.807, 2.05) is 36.4 Å². The topological polar surface area (TPSA) is 33.7 Å². The number of rotatable bonds is 10. The molecule has 0 heterocycles. The normalized spacial score (nSPS) is 10.9. The summed E-state index contributed by atoms with van der Waals surface area (Å²) in [5.41, 5.74) is 2.04.